The second-order valence-electron chi connectivity index (χ2n) is 12.9. The topological polar surface area (TPSA) is 115 Å². The fraction of sp³-hybridized carbons (Fsp3) is 0.310. The van der Waals surface area contributed by atoms with Gasteiger partial charge in [0.15, 0.2) is 11.6 Å². The number of amides is 1. The number of halogens is 1. The summed E-state index contributed by atoms with van der Waals surface area (Å²) in [6.07, 6.45) is 7.67. The van der Waals surface area contributed by atoms with Gasteiger partial charge in [-0.2, -0.15) is 0 Å². The van der Waals surface area contributed by atoms with Crippen LogP contribution in [0, 0.1) is 5.82 Å². The maximum Gasteiger partial charge on any atom is 0.251 e. The highest BCUT2D eigenvalue weighted by Gasteiger charge is 2.18. The van der Waals surface area contributed by atoms with Crippen molar-refractivity contribution in [1.82, 2.24) is 14.5 Å². The van der Waals surface area contributed by atoms with Crippen molar-refractivity contribution < 1.29 is 24.1 Å². The van der Waals surface area contributed by atoms with Gasteiger partial charge in [-0.05, 0) is 84.3 Å². The summed E-state index contributed by atoms with van der Waals surface area (Å²) >= 11 is 0. The number of rotatable bonds is 14. The van der Waals surface area contributed by atoms with E-state index in [-0.39, 0.29) is 30.9 Å². The number of aryl methyl sites for hydroxylation is 2. The third kappa shape index (κ3) is 9.05. The molecule has 2 atom stereocenters. The number of hydrogen-bond acceptors (Lipinski definition) is 5. The number of ether oxygens (including phenoxy) is 1. The van der Waals surface area contributed by atoms with Crippen LogP contribution in [0.25, 0.3) is 32.9 Å². The van der Waals surface area contributed by atoms with Crippen LogP contribution in [-0.4, -0.2) is 57.7 Å². The number of para-hydroxylation sites is 2. The Balaban J connectivity index is 0.000000248. The molecule has 4 aromatic carbocycles. The molecule has 0 aliphatic rings. The van der Waals surface area contributed by atoms with E-state index in [0.29, 0.717) is 17.5 Å². The second-order valence-corrected chi connectivity index (χ2v) is 12.9. The number of carbonyl (C=O) groups is 1. The van der Waals surface area contributed by atoms with Gasteiger partial charge in [0.2, 0.25) is 0 Å². The van der Waals surface area contributed by atoms with Gasteiger partial charge in [-0.15, -0.1) is 0 Å². The highest BCUT2D eigenvalue weighted by atomic mass is 19.1. The van der Waals surface area contributed by atoms with Crippen molar-refractivity contribution in [3.63, 3.8) is 0 Å². The summed E-state index contributed by atoms with van der Waals surface area (Å²) in [6.45, 7) is 6.10. The van der Waals surface area contributed by atoms with Crippen LogP contribution in [-0.2, 0) is 25.9 Å². The van der Waals surface area contributed by atoms with Gasteiger partial charge in [-0.25, -0.2) is 4.39 Å². The number of aliphatic hydroxyl groups is 2. The molecule has 0 fully saturated rings. The maximum absolute atomic E-state index is 14.1. The molecule has 51 heavy (non-hydrogen) atoms. The number of hydrogen-bond donors (Lipinski definition) is 4. The van der Waals surface area contributed by atoms with E-state index in [4.69, 9.17) is 15.6 Å². The summed E-state index contributed by atoms with van der Waals surface area (Å²) in [7, 11) is 1.42. The molecule has 8 nitrogen and oxygen atoms in total. The first-order valence-electron chi connectivity index (χ1n) is 17.7. The molecule has 268 valence electrons. The molecule has 0 aliphatic heterocycles. The Morgan fingerprint density at radius 2 is 1.37 bits per heavy atom. The smallest absolute Gasteiger partial charge is 0.251 e. The van der Waals surface area contributed by atoms with Crippen molar-refractivity contribution in [1.29, 1.82) is 0 Å². The van der Waals surface area contributed by atoms with Gasteiger partial charge in [0.1, 0.15) is 0 Å². The Morgan fingerprint density at radius 3 is 1.92 bits per heavy atom. The number of methoxy groups -OCH3 is 1. The normalized spacial score (nSPS) is 12.4. The first kappa shape index (κ1) is 37.3. The SMILES string of the molecule is CCCn1cc(C[C@H](CO)NC(=O)c2cccc(-c3ccc(OC)c(F)c3)c2)c2ccccc21.CCCn1cc(C[C@H](N)CO)c2ccccc21. The molecule has 2 aromatic heterocycles. The molecule has 6 aromatic rings. The number of nitrogens with zero attached hydrogens (tertiary/aromatic N) is 2. The van der Waals surface area contributed by atoms with E-state index in [1.807, 2.05) is 24.3 Å². The molecule has 5 N–H and O–H groups in total. The lowest BCUT2D eigenvalue weighted by atomic mass is 10.0. The number of nitrogens with one attached hydrogen (secondary N) is 1. The third-order valence-corrected chi connectivity index (χ3v) is 9.02. The van der Waals surface area contributed by atoms with E-state index in [9.17, 15) is 14.3 Å². The van der Waals surface area contributed by atoms with E-state index < -0.39 is 11.9 Å². The number of aliphatic hydroxyl groups excluding tert-OH is 2. The van der Waals surface area contributed by atoms with Crippen LogP contribution in [0.4, 0.5) is 4.39 Å². The van der Waals surface area contributed by atoms with Crippen molar-refractivity contribution >= 4 is 27.7 Å². The van der Waals surface area contributed by atoms with Crippen molar-refractivity contribution in [2.24, 2.45) is 5.73 Å². The van der Waals surface area contributed by atoms with Gasteiger partial charge >= 0.3 is 0 Å². The number of carbonyl (C=O) groups excluding carboxylic acids is 1. The Bertz CT molecular complexity index is 2050. The number of aromatic nitrogens is 2. The summed E-state index contributed by atoms with van der Waals surface area (Å²) in [4.78, 5) is 13.0. The van der Waals surface area contributed by atoms with Crippen molar-refractivity contribution in [2.45, 2.75) is 64.7 Å². The molecular weight excluding hydrogens is 643 g/mol. The maximum atomic E-state index is 14.1. The van der Waals surface area contributed by atoms with Gasteiger partial charge in [0, 0.05) is 58.9 Å². The lowest BCUT2D eigenvalue weighted by Crippen LogP contribution is -2.39. The molecular formula is C42H49FN4O4. The van der Waals surface area contributed by atoms with E-state index in [2.05, 4.69) is 71.0 Å². The van der Waals surface area contributed by atoms with Crippen LogP contribution in [0.15, 0.2) is 103 Å². The third-order valence-electron chi connectivity index (χ3n) is 9.02. The molecule has 0 unspecified atom stereocenters. The van der Waals surface area contributed by atoms with Crippen LogP contribution >= 0.6 is 0 Å². The second kappa shape index (κ2) is 17.8. The van der Waals surface area contributed by atoms with Crippen molar-refractivity contribution in [2.75, 3.05) is 20.3 Å². The zero-order valence-electron chi connectivity index (χ0n) is 29.7. The van der Waals surface area contributed by atoms with Crippen molar-refractivity contribution in [3.8, 4) is 16.9 Å². The lowest BCUT2D eigenvalue weighted by molar-refractivity contribution is 0.0916. The minimum atomic E-state index is -0.461. The predicted octanol–water partition coefficient (Wildman–Crippen LogP) is 7.11. The van der Waals surface area contributed by atoms with Gasteiger partial charge in [0.25, 0.3) is 5.91 Å². The average molecular weight is 693 g/mol. The van der Waals surface area contributed by atoms with Crippen LogP contribution < -0.4 is 15.8 Å². The fourth-order valence-electron chi connectivity index (χ4n) is 6.55. The largest absolute Gasteiger partial charge is 0.494 e. The lowest BCUT2D eigenvalue weighted by Gasteiger charge is -2.16. The van der Waals surface area contributed by atoms with Gasteiger partial charge in [-0.3, -0.25) is 4.79 Å². The van der Waals surface area contributed by atoms with Gasteiger partial charge < -0.3 is 35.1 Å². The van der Waals surface area contributed by atoms with E-state index in [0.717, 1.165) is 54.4 Å². The molecule has 0 saturated carbocycles. The Morgan fingerprint density at radius 1 is 0.784 bits per heavy atom. The number of fused-ring (bicyclic) bond motifs is 2. The molecule has 0 radical (unpaired) electrons. The van der Waals surface area contributed by atoms with Gasteiger partial charge in [0.05, 0.1) is 26.4 Å². The summed E-state index contributed by atoms with van der Waals surface area (Å²) in [5, 5.41) is 24.4. The molecule has 0 spiro atoms. The molecule has 9 heteroatoms. The van der Waals surface area contributed by atoms with Crippen molar-refractivity contribution in [3.05, 3.63) is 126 Å². The average Bonchev–Trinajstić information content (AvgIpc) is 3.68. The summed E-state index contributed by atoms with van der Waals surface area (Å²) in [6, 6.07) is 27.7. The van der Waals surface area contributed by atoms with E-state index >= 15 is 0 Å². The summed E-state index contributed by atoms with van der Waals surface area (Å²) < 4.78 is 23.6. The highest BCUT2D eigenvalue weighted by molar-refractivity contribution is 5.95. The fourth-order valence-corrected chi connectivity index (χ4v) is 6.55. The van der Waals surface area contributed by atoms with Crippen LogP contribution in [0.1, 0.15) is 48.2 Å². The minimum Gasteiger partial charge on any atom is -0.494 e. The van der Waals surface area contributed by atoms with Crippen LogP contribution in [0.3, 0.4) is 0 Å². The monoisotopic (exact) mass is 692 g/mol. The zero-order chi connectivity index (χ0) is 36.3. The zero-order valence-corrected chi connectivity index (χ0v) is 29.7. The van der Waals surface area contributed by atoms with E-state index in [1.165, 1.54) is 29.6 Å². The standard InChI is InChI=1S/C28H29FN2O3.C14H20N2O/c1-3-13-31-17-22(24-9-4-5-10-26(24)31)15-23(18-32)30-28(33)21-8-6-7-19(14-21)20-11-12-27(34-2)25(29)16-20;1-2-7-16-9-11(8-12(15)10-17)13-5-3-4-6-14(13)16/h4-12,14,16-17,23,32H,3,13,15,18H2,1-2H3,(H,30,33);3-6,9,12,17H,2,7-8,10,15H2,1H3/t23-;12-/m10/s1. The number of benzene rings is 4. The minimum absolute atomic E-state index is 0.0350. The molecule has 1 amide bonds. The summed E-state index contributed by atoms with van der Waals surface area (Å²) in [5.74, 6) is -0.576. The Hall–Kier alpha value is -4.96. The first-order valence-corrected chi connectivity index (χ1v) is 17.7. The first-order chi connectivity index (χ1) is 24.8. The summed E-state index contributed by atoms with van der Waals surface area (Å²) in [5.41, 5.74) is 12.4. The van der Waals surface area contributed by atoms with Gasteiger partial charge in [-0.1, -0.05) is 68.4 Å². The Labute approximate surface area is 299 Å². The number of nitrogens with two attached hydrogens (primary N) is 1. The van der Waals surface area contributed by atoms with Crippen LogP contribution in [0.2, 0.25) is 0 Å². The predicted molar refractivity (Wildman–Crippen MR) is 204 cm³/mol. The van der Waals surface area contributed by atoms with Crippen LogP contribution in [0.5, 0.6) is 5.75 Å². The quantitative estimate of drug-likeness (QED) is 0.0972. The molecule has 2 heterocycles. The molecule has 0 aliphatic carbocycles. The molecule has 0 bridgehead atoms. The van der Waals surface area contributed by atoms with E-state index in [1.54, 1.807) is 30.3 Å². The molecule has 0 saturated heterocycles. The Kier molecular flexibility index (Phi) is 13.0. The highest BCUT2D eigenvalue weighted by Crippen LogP contribution is 2.27. The molecule has 6 rings (SSSR count).